The first kappa shape index (κ1) is 16.0. The van der Waals surface area contributed by atoms with Crippen LogP contribution in [0.5, 0.6) is 0 Å². The molecule has 1 radical (unpaired) electrons. The van der Waals surface area contributed by atoms with Crippen LogP contribution in [0.3, 0.4) is 0 Å². The summed E-state index contributed by atoms with van der Waals surface area (Å²) in [7, 11) is 0.508. The van der Waals surface area contributed by atoms with Crippen LogP contribution in [0.2, 0.25) is 0 Å². The molecule has 7 heteroatoms. The monoisotopic (exact) mass is 265 g/mol. The van der Waals surface area contributed by atoms with Crippen LogP contribution in [-0.4, -0.2) is 52.3 Å². The van der Waals surface area contributed by atoms with E-state index in [1.165, 1.54) is 0 Å². The summed E-state index contributed by atoms with van der Waals surface area (Å²) in [6.45, 7) is 8.25. The number of hydrogen-bond acceptors (Lipinski definition) is 5. The first-order chi connectivity index (χ1) is 7.55. The van der Waals surface area contributed by atoms with Crippen molar-refractivity contribution in [2.24, 2.45) is 0 Å². The molecule has 0 bridgehead atoms. The lowest BCUT2D eigenvalue weighted by Gasteiger charge is -2.25. The zero-order valence-corrected chi connectivity index (χ0v) is 12.7. The normalized spacial score (nSPS) is 12.1. The molecule has 0 atom stereocenters. The Balaban J connectivity index is 4.30. The molecule has 0 aliphatic carbocycles. The Morgan fingerprint density at radius 1 is 1.12 bits per heavy atom. The minimum Gasteiger partial charge on any atom is -0.390 e. The maximum atomic E-state index is 5.65. The second-order valence-corrected chi connectivity index (χ2v) is 7.97. The zero-order valence-electron chi connectivity index (χ0n) is 10.7. The van der Waals surface area contributed by atoms with E-state index in [0.29, 0.717) is 6.61 Å². The molecular formula is C9H21O5Si2. The van der Waals surface area contributed by atoms with Gasteiger partial charge in [-0.15, -0.1) is 0 Å². The molecule has 5 nitrogen and oxygen atoms in total. The molecular weight excluding hydrogens is 244 g/mol. The topological polar surface area (TPSA) is 46.2 Å². The van der Waals surface area contributed by atoms with Gasteiger partial charge in [-0.1, -0.05) is 6.58 Å². The molecule has 0 heterocycles. The average molecular weight is 265 g/mol. The number of allylic oxidation sites excluding steroid dienone is 1. The van der Waals surface area contributed by atoms with Crippen molar-refractivity contribution in [1.82, 2.24) is 0 Å². The van der Waals surface area contributed by atoms with Gasteiger partial charge in [0.25, 0.3) is 0 Å². The largest absolute Gasteiger partial charge is 0.526 e. The molecule has 0 spiro atoms. The van der Waals surface area contributed by atoms with Crippen molar-refractivity contribution in [2.75, 3.05) is 34.2 Å². The van der Waals surface area contributed by atoms with E-state index in [4.69, 9.17) is 22.1 Å². The van der Waals surface area contributed by atoms with Crippen LogP contribution in [0.25, 0.3) is 0 Å². The second kappa shape index (κ2) is 8.12. The van der Waals surface area contributed by atoms with Gasteiger partial charge in [-0.05, 0) is 19.0 Å². The van der Waals surface area contributed by atoms with Gasteiger partial charge in [0.15, 0.2) is 0 Å². The van der Waals surface area contributed by atoms with E-state index >= 15 is 0 Å². The first-order valence-corrected chi connectivity index (χ1v) is 8.24. The van der Waals surface area contributed by atoms with Crippen LogP contribution in [0, 0.1) is 0 Å². The predicted molar refractivity (Wildman–Crippen MR) is 64.9 cm³/mol. The van der Waals surface area contributed by atoms with E-state index in [0.717, 1.165) is 5.20 Å². The molecule has 0 N–H and O–H groups in total. The quantitative estimate of drug-likeness (QED) is 0.583. The van der Waals surface area contributed by atoms with Crippen molar-refractivity contribution in [3.05, 3.63) is 11.8 Å². The van der Waals surface area contributed by atoms with Gasteiger partial charge in [-0.2, -0.15) is 0 Å². The Morgan fingerprint density at radius 3 is 1.94 bits per heavy atom. The number of rotatable bonds is 9. The van der Waals surface area contributed by atoms with E-state index in [1.807, 2.05) is 13.8 Å². The van der Waals surface area contributed by atoms with Crippen LogP contribution >= 0.6 is 0 Å². The number of hydrogen-bond donors (Lipinski definition) is 0. The van der Waals surface area contributed by atoms with E-state index in [1.54, 1.807) is 21.3 Å². The summed E-state index contributed by atoms with van der Waals surface area (Å²) in [5.41, 5.74) is 0. The van der Waals surface area contributed by atoms with Gasteiger partial charge in [-0.25, -0.2) is 0 Å². The van der Waals surface area contributed by atoms with Crippen molar-refractivity contribution in [3.8, 4) is 0 Å². The van der Waals surface area contributed by atoms with Crippen molar-refractivity contribution in [1.29, 1.82) is 0 Å². The van der Waals surface area contributed by atoms with Crippen molar-refractivity contribution in [3.63, 3.8) is 0 Å². The lowest BCUT2D eigenvalue weighted by molar-refractivity contribution is 0.0927. The Labute approximate surface area is 101 Å². The fourth-order valence-electron chi connectivity index (χ4n) is 1.000. The third kappa shape index (κ3) is 4.87. The fraction of sp³-hybridized carbons (Fsp3) is 0.778. The molecule has 0 fully saturated rings. The third-order valence-corrected chi connectivity index (χ3v) is 6.24. The van der Waals surface area contributed by atoms with Crippen LogP contribution in [0.1, 0.15) is 13.8 Å². The van der Waals surface area contributed by atoms with Crippen molar-refractivity contribution >= 4 is 18.1 Å². The SMILES string of the molecule is C=C(C)[Si](OCC)OC[Si](OC)(OC)OC. The molecule has 16 heavy (non-hydrogen) atoms. The van der Waals surface area contributed by atoms with Crippen LogP contribution < -0.4 is 0 Å². The minimum atomic E-state index is -2.67. The van der Waals surface area contributed by atoms with E-state index < -0.39 is 18.1 Å². The molecule has 0 saturated carbocycles. The molecule has 0 aromatic carbocycles. The highest BCUT2D eigenvalue weighted by atomic mass is 28.4. The average Bonchev–Trinajstić information content (AvgIpc) is 2.29. The minimum absolute atomic E-state index is 0.275. The fourth-order valence-corrected chi connectivity index (χ4v) is 3.92. The lowest BCUT2D eigenvalue weighted by Crippen LogP contribution is -2.50. The van der Waals surface area contributed by atoms with Crippen LogP contribution in [-0.2, 0) is 22.1 Å². The summed E-state index contributed by atoms with van der Waals surface area (Å²) in [4.78, 5) is 0. The highest BCUT2D eigenvalue weighted by molar-refractivity contribution is 6.62. The Hall–Kier alpha value is -0.0262. The van der Waals surface area contributed by atoms with Gasteiger partial charge >= 0.3 is 18.1 Å². The van der Waals surface area contributed by atoms with Crippen LogP contribution in [0.15, 0.2) is 11.8 Å². The highest BCUT2D eigenvalue weighted by Gasteiger charge is 2.40. The second-order valence-electron chi connectivity index (χ2n) is 3.08. The first-order valence-electron chi connectivity index (χ1n) is 4.99. The lowest BCUT2D eigenvalue weighted by atomic mass is 10.8. The van der Waals surface area contributed by atoms with Crippen molar-refractivity contribution < 1.29 is 22.1 Å². The van der Waals surface area contributed by atoms with Gasteiger partial charge < -0.3 is 22.1 Å². The Kier molecular flexibility index (Phi) is 8.11. The summed E-state index contributed by atoms with van der Waals surface area (Å²) in [6.07, 6.45) is 0.275. The maximum absolute atomic E-state index is 5.65. The summed E-state index contributed by atoms with van der Waals surface area (Å²) in [5.74, 6) is 0. The summed E-state index contributed by atoms with van der Waals surface area (Å²) < 4.78 is 26.9. The molecule has 0 saturated heterocycles. The van der Waals surface area contributed by atoms with Crippen LogP contribution in [0.4, 0.5) is 0 Å². The van der Waals surface area contributed by atoms with Gasteiger partial charge in [0.05, 0.1) is 0 Å². The Morgan fingerprint density at radius 2 is 1.62 bits per heavy atom. The molecule has 0 aromatic rings. The molecule has 0 unspecified atom stereocenters. The molecule has 0 aliphatic rings. The zero-order chi connectivity index (χ0) is 12.6. The van der Waals surface area contributed by atoms with Gasteiger partial charge in [-0.3, -0.25) is 0 Å². The predicted octanol–water partition coefficient (Wildman–Crippen LogP) is 1.06. The third-order valence-electron chi connectivity index (χ3n) is 1.94. The molecule has 95 valence electrons. The maximum Gasteiger partial charge on any atom is 0.526 e. The van der Waals surface area contributed by atoms with Gasteiger partial charge in [0, 0.05) is 27.9 Å². The van der Waals surface area contributed by atoms with E-state index in [2.05, 4.69) is 6.58 Å². The van der Waals surface area contributed by atoms with E-state index in [-0.39, 0.29) is 6.23 Å². The molecule has 0 aliphatic heterocycles. The Bertz CT molecular complexity index is 200. The summed E-state index contributed by atoms with van der Waals surface area (Å²) in [6, 6.07) is 0. The molecule has 0 amide bonds. The highest BCUT2D eigenvalue weighted by Crippen LogP contribution is 2.09. The van der Waals surface area contributed by atoms with Gasteiger partial charge in [0.1, 0.15) is 6.23 Å². The van der Waals surface area contributed by atoms with Crippen molar-refractivity contribution in [2.45, 2.75) is 13.8 Å². The molecule has 0 rings (SSSR count). The summed E-state index contributed by atoms with van der Waals surface area (Å²) in [5, 5.41) is 0.901. The summed E-state index contributed by atoms with van der Waals surface area (Å²) >= 11 is 0. The standard InChI is InChI=1S/C9H21O5Si2/c1-7-13-15(9(2)3)14-8-16(10-4,11-5)12-6/h2,7-8H2,1,3-6H3. The van der Waals surface area contributed by atoms with E-state index in [9.17, 15) is 0 Å². The smallest absolute Gasteiger partial charge is 0.390 e. The molecule has 0 aromatic heterocycles. The van der Waals surface area contributed by atoms with Gasteiger partial charge in [0.2, 0.25) is 0 Å².